The van der Waals surface area contributed by atoms with E-state index in [4.69, 9.17) is 11.6 Å². The molecule has 0 aromatic heterocycles. The maximum Gasteiger partial charge on any atom is 0.257 e. The topological polar surface area (TPSA) is 75.3 Å². The molecule has 0 fully saturated rings. The van der Waals surface area contributed by atoms with Crippen molar-refractivity contribution >= 4 is 50.7 Å². The summed E-state index contributed by atoms with van der Waals surface area (Å²) in [5.41, 5.74) is 2.35. The molecule has 29 heavy (non-hydrogen) atoms. The number of carbonyl (C=O) groups is 1. The minimum absolute atomic E-state index is 0.159. The minimum Gasteiger partial charge on any atom is -0.322 e. The Morgan fingerprint density at radius 1 is 0.966 bits per heavy atom. The molecule has 3 aromatic carbocycles. The molecule has 0 unspecified atom stereocenters. The van der Waals surface area contributed by atoms with Crippen LogP contribution in [0.2, 0.25) is 5.02 Å². The number of rotatable bonds is 7. The molecule has 0 atom stereocenters. The van der Waals surface area contributed by atoms with E-state index in [1.54, 1.807) is 11.8 Å². The third kappa shape index (κ3) is 6.52. The molecule has 3 rings (SSSR count). The number of anilines is 2. The average molecular weight is 447 g/mol. The molecule has 1 amide bonds. The Kier molecular flexibility index (Phi) is 6.84. The smallest absolute Gasteiger partial charge is 0.257 e. The fourth-order valence-corrected chi connectivity index (χ4v) is 4.24. The number of sulfonamides is 1. The Morgan fingerprint density at radius 2 is 1.62 bits per heavy atom. The van der Waals surface area contributed by atoms with Crippen LogP contribution in [0.25, 0.3) is 0 Å². The zero-order valence-electron chi connectivity index (χ0n) is 15.6. The van der Waals surface area contributed by atoms with Gasteiger partial charge in [-0.05, 0) is 48.0 Å². The van der Waals surface area contributed by atoms with E-state index in [2.05, 4.69) is 22.2 Å². The van der Waals surface area contributed by atoms with Gasteiger partial charge < -0.3 is 5.32 Å². The molecule has 8 heteroatoms. The molecule has 2 N–H and O–H groups in total. The molecule has 0 saturated heterocycles. The van der Waals surface area contributed by atoms with Gasteiger partial charge in [0.2, 0.25) is 10.0 Å². The first-order valence-corrected chi connectivity index (χ1v) is 11.9. The van der Waals surface area contributed by atoms with Crippen molar-refractivity contribution in [1.82, 2.24) is 0 Å². The van der Waals surface area contributed by atoms with Crippen molar-refractivity contribution in [2.75, 3.05) is 16.3 Å². The van der Waals surface area contributed by atoms with Crippen LogP contribution in [-0.2, 0) is 15.8 Å². The van der Waals surface area contributed by atoms with E-state index < -0.39 is 10.0 Å². The molecule has 0 aliphatic rings. The molecule has 3 aromatic rings. The summed E-state index contributed by atoms with van der Waals surface area (Å²) in [5.74, 6) is 0.464. The first kappa shape index (κ1) is 21.2. The van der Waals surface area contributed by atoms with Crippen molar-refractivity contribution in [3.8, 4) is 0 Å². The number of carbonyl (C=O) groups excluding carboxylic acids is 1. The summed E-state index contributed by atoms with van der Waals surface area (Å²) in [4.78, 5) is 13.7. The van der Waals surface area contributed by atoms with Crippen LogP contribution in [0.4, 0.5) is 11.4 Å². The number of amides is 1. The average Bonchev–Trinajstić information content (AvgIpc) is 2.67. The Labute approximate surface area is 179 Å². The molecule has 0 heterocycles. The van der Waals surface area contributed by atoms with E-state index in [1.807, 2.05) is 42.5 Å². The largest absolute Gasteiger partial charge is 0.322 e. The first-order valence-electron chi connectivity index (χ1n) is 8.66. The highest BCUT2D eigenvalue weighted by Gasteiger charge is 2.12. The summed E-state index contributed by atoms with van der Waals surface area (Å²) < 4.78 is 24.9. The van der Waals surface area contributed by atoms with E-state index in [9.17, 15) is 13.2 Å². The number of benzene rings is 3. The van der Waals surface area contributed by atoms with E-state index in [1.165, 1.54) is 23.1 Å². The first-order chi connectivity index (χ1) is 13.8. The van der Waals surface area contributed by atoms with Crippen molar-refractivity contribution in [1.29, 1.82) is 0 Å². The quantitative estimate of drug-likeness (QED) is 0.485. The summed E-state index contributed by atoms with van der Waals surface area (Å²) in [5, 5.41) is 2.96. The van der Waals surface area contributed by atoms with Crippen LogP contribution in [0.5, 0.6) is 0 Å². The molecule has 150 valence electrons. The zero-order chi connectivity index (χ0) is 20.9. The highest BCUT2D eigenvalue weighted by atomic mass is 35.5. The van der Waals surface area contributed by atoms with Gasteiger partial charge in [0.15, 0.2) is 0 Å². The summed E-state index contributed by atoms with van der Waals surface area (Å²) >= 11 is 7.89. The lowest BCUT2D eigenvalue weighted by atomic mass is 10.1. The second-order valence-corrected chi connectivity index (χ2v) is 9.53. The number of nitrogens with one attached hydrogen (secondary N) is 2. The molecule has 0 aliphatic heterocycles. The number of halogens is 1. The lowest BCUT2D eigenvalue weighted by Crippen LogP contribution is -2.13. The lowest BCUT2D eigenvalue weighted by molar-refractivity contribution is 0.102. The third-order valence-corrected chi connectivity index (χ3v) is 5.88. The van der Waals surface area contributed by atoms with E-state index in [-0.39, 0.29) is 16.5 Å². The normalized spacial score (nSPS) is 11.1. The van der Waals surface area contributed by atoms with Gasteiger partial charge in [-0.2, -0.15) is 0 Å². The third-order valence-electron chi connectivity index (χ3n) is 3.88. The van der Waals surface area contributed by atoms with Crippen LogP contribution in [-0.4, -0.2) is 20.6 Å². The van der Waals surface area contributed by atoms with Crippen LogP contribution in [0.15, 0.2) is 77.7 Å². The van der Waals surface area contributed by atoms with E-state index >= 15 is 0 Å². The lowest BCUT2D eigenvalue weighted by Gasteiger charge is -2.10. The fraction of sp³-hybridized carbons (Fsp3) is 0.0952. The molecular weight excluding hydrogens is 428 g/mol. The van der Waals surface area contributed by atoms with Crippen LogP contribution in [0.1, 0.15) is 15.9 Å². The maximum atomic E-state index is 12.5. The van der Waals surface area contributed by atoms with Crippen molar-refractivity contribution in [2.24, 2.45) is 0 Å². The standard InChI is InChI=1S/C21H19ClN2O3S2/c1-29(26,27)24-17-11-12-19(20(22)13-17)21(25)23-16-9-7-15(8-10-16)14-28-18-5-3-2-4-6-18/h2-13,24H,14H2,1H3,(H,23,25). The highest BCUT2D eigenvalue weighted by Crippen LogP contribution is 2.25. The Hall–Kier alpha value is -2.48. The Bertz CT molecular complexity index is 1100. The summed E-state index contributed by atoms with van der Waals surface area (Å²) in [6.45, 7) is 0. The van der Waals surface area contributed by atoms with Crippen LogP contribution in [0, 0.1) is 0 Å². The Balaban J connectivity index is 1.61. The predicted octanol–water partition coefficient (Wildman–Crippen LogP) is 5.26. The van der Waals surface area contributed by atoms with Gasteiger partial charge in [-0.15, -0.1) is 11.8 Å². The monoisotopic (exact) mass is 446 g/mol. The summed E-state index contributed by atoms with van der Waals surface area (Å²) in [7, 11) is -3.41. The van der Waals surface area contributed by atoms with Gasteiger partial charge in [0, 0.05) is 22.0 Å². The van der Waals surface area contributed by atoms with Crippen molar-refractivity contribution in [2.45, 2.75) is 10.6 Å². The van der Waals surface area contributed by atoms with Crippen molar-refractivity contribution in [3.63, 3.8) is 0 Å². The van der Waals surface area contributed by atoms with Gasteiger partial charge in [0.1, 0.15) is 0 Å². The predicted molar refractivity (Wildman–Crippen MR) is 120 cm³/mol. The van der Waals surface area contributed by atoms with Crippen molar-refractivity contribution in [3.05, 3.63) is 88.9 Å². The number of thioether (sulfide) groups is 1. The summed E-state index contributed by atoms with van der Waals surface area (Å²) in [6.07, 6.45) is 1.05. The van der Waals surface area contributed by atoms with Gasteiger partial charge in [0.25, 0.3) is 5.91 Å². The molecule has 0 bridgehead atoms. The molecule has 0 radical (unpaired) electrons. The van der Waals surface area contributed by atoms with Crippen LogP contribution >= 0.6 is 23.4 Å². The molecule has 5 nitrogen and oxygen atoms in total. The van der Waals surface area contributed by atoms with Crippen LogP contribution < -0.4 is 10.0 Å². The minimum atomic E-state index is -3.41. The van der Waals surface area contributed by atoms with E-state index in [0.717, 1.165) is 17.6 Å². The SMILES string of the molecule is CS(=O)(=O)Nc1ccc(C(=O)Nc2ccc(CSc3ccccc3)cc2)c(Cl)c1. The molecule has 0 saturated carbocycles. The highest BCUT2D eigenvalue weighted by molar-refractivity contribution is 7.98. The number of hydrogen-bond donors (Lipinski definition) is 2. The fourth-order valence-electron chi connectivity index (χ4n) is 2.54. The van der Waals surface area contributed by atoms with E-state index in [0.29, 0.717) is 11.4 Å². The van der Waals surface area contributed by atoms with Gasteiger partial charge >= 0.3 is 0 Å². The molecule has 0 spiro atoms. The van der Waals surface area contributed by atoms with Gasteiger partial charge in [-0.3, -0.25) is 9.52 Å². The molecular formula is C21H19ClN2O3S2. The Morgan fingerprint density at radius 3 is 2.24 bits per heavy atom. The van der Waals surface area contributed by atoms with Crippen LogP contribution in [0.3, 0.4) is 0 Å². The second-order valence-electron chi connectivity index (χ2n) is 6.32. The zero-order valence-corrected chi connectivity index (χ0v) is 17.9. The number of hydrogen-bond acceptors (Lipinski definition) is 4. The van der Waals surface area contributed by atoms with Gasteiger partial charge in [0.05, 0.1) is 16.8 Å². The maximum absolute atomic E-state index is 12.5. The molecule has 0 aliphatic carbocycles. The van der Waals surface area contributed by atoms with Crippen molar-refractivity contribution < 1.29 is 13.2 Å². The summed E-state index contributed by atoms with van der Waals surface area (Å²) in [6, 6.07) is 22.1. The van der Waals surface area contributed by atoms with Gasteiger partial charge in [-0.25, -0.2) is 8.42 Å². The second kappa shape index (κ2) is 9.35. The van der Waals surface area contributed by atoms with Gasteiger partial charge in [-0.1, -0.05) is 41.9 Å².